The lowest BCUT2D eigenvalue weighted by Crippen LogP contribution is -2.35. The molecule has 2 amide bonds. The standard InChI is InChI=1S/C26H23ClN2O6/c27-21-10-5-11-22(24(21)25(32)33)29-23(31)12-15(30)13-28-26(34)35-14-20-18-8-3-1-6-16(18)17-7-2-4-9-19(17)20/h1-11,15,20,30H,12-14H2,(H,28,34)(H,29,31)(H,32,33). The van der Waals surface area contributed by atoms with Crippen molar-refractivity contribution < 1.29 is 29.3 Å². The molecular weight excluding hydrogens is 472 g/mol. The molecule has 0 spiro atoms. The Morgan fingerprint density at radius 1 is 0.943 bits per heavy atom. The van der Waals surface area contributed by atoms with Crippen LogP contribution in [-0.2, 0) is 9.53 Å². The van der Waals surface area contributed by atoms with Gasteiger partial charge in [-0.2, -0.15) is 0 Å². The first kappa shape index (κ1) is 24.3. The predicted octanol–water partition coefficient (Wildman–Crippen LogP) is 4.27. The summed E-state index contributed by atoms with van der Waals surface area (Å²) in [6, 6.07) is 20.2. The summed E-state index contributed by atoms with van der Waals surface area (Å²) in [5, 5.41) is 24.3. The number of hydrogen-bond acceptors (Lipinski definition) is 5. The van der Waals surface area contributed by atoms with E-state index in [1.807, 2.05) is 48.5 Å². The minimum atomic E-state index is -1.29. The van der Waals surface area contributed by atoms with E-state index in [0.29, 0.717) is 0 Å². The lowest BCUT2D eigenvalue weighted by molar-refractivity contribution is -0.118. The van der Waals surface area contributed by atoms with Crippen molar-refractivity contribution in [1.29, 1.82) is 0 Å². The van der Waals surface area contributed by atoms with Crippen LogP contribution in [0.15, 0.2) is 66.7 Å². The molecule has 0 saturated carbocycles. The van der Waals surface area contributed by atoms with Crippen LogP contribution in [0.4, 0.5) is 10.5 Å². The van der Waals surface area contributed by atoms with E-state index in [4.69, 9.17) is 16.3 Å². The Balaban J connectivity index is 1.27. The number of carboxylic acid groups (broad SMARTS) is 1. The zero-order valence-electron chi connectivity index (χ0n) is 18.5. The molecule has 35 heavy (non-hydrogen) atoms. The first-order valence-electron chi connectivity index (χ1n) is 10.9. The van der Waals surface area contributed by atoms with E-state index in [2.05, 4.69) is 10.6 Å². The Hall–Kier alpha value is -3.88. The Morgan fingerprint density at radius 2 is 1.57 bits per heavy atom. The maximum absolute atomic E-state index is 12.2. The Labute approximate surface area is 206 Å². The van der Waals surface area contributed by atoms with Crippen LogP contribution >= 0.6 is 11.6 Å². The van der Waals surface area contributed by atoms with Crippen LogP contribution in [0.2, 0.25) is 5.02 Å². The molecule has 0 fully saturated rings. The van der Waals surface area contributed by atoms with Gasteiger partial charge in [0.2, 0.25) is 5.91 Å². The molecule has 0 aliphatic heterocycles. The van der Waals surface area contributed by atoms with E-state index < -0.39 is 24.1 Å². The van der Waals surface area contributed by atoms with Crippen molar-refractivity contribution in [3.05, 3.63) is 88.4 Å². The number of halogens is 1. The van der Waals surface area contributed by atoms with Gasteiger partial charge in [0.15, 0.2) is 0 Å². The number of alkyl carbamates (subject to hydrolysis) is 1. The lowest BCUT2D eigenvalue weighted by Gasteiger charge is -2.16. The maximum Gasteiger partial charge on any atom is 0.407 e. The predicted molar refractivity (Wildman–Crippen MR) is 131 cm³/mol. The average Bonchev–Trinajstić information content (AvgIpc) is 3.15. The molecule has 0 saturated heterocycles. The molecule has 0 radical (unpaired) electrons. The highest BCUT2D eigenvalue weighted by Gasteiger charge is 2.29. The number of aromatic carboxylic acids is 1. The van der Waals surface area contributed by atoms with Gasteiger partial charge in [0, 0.05) is 12.5 Å². The quantitative estimate of drug-likeness (QED) is 0.370. The number of aliphatic hydroxyl groups excluding tert-OH is 1. The molecule has 3 aromatic rings. The molecule has 4 N–H and O–H groups in total. The fourth-order valence-corrected chi connectivity index (χ4v) is 4.44. The molecule has 180 valence electrons. The number of rotatable bonds is 8. The average molecular weight is 495 g/mol. The molecule has 8 nitrogen and oxygen atoms in total. The minimum absolute atomic E-state index is 0.0201. The molecule has 0 bridgehead atoms. The monoisotopic (exact) mass is 494 g/mol. The van der Waals surface area contributed by atoms with Gasteiger partial charge in [0.05, 0.1) is 23.2 Å². The largest absolute Gasteiger partial charge is 0.478 e. The van der Waals surface area contributed by atoms with Gasteiger partial charge in [-0.25, -0.2) is 9.59 Å². The first-order valence-corrected chi connectivity index (χ1v) is 11.3. The smallest absolute Gasteiger partial charge is 0.407 e. The van der Waals surface area contributed by atoms with E-state index in [1.54, 1.807) is 0 Å². The van der Waals surface area contributed by atoms with Gasteiger partial charge in [-0.3, -0.25) is 4.79 Å². The normalized spacial score (nSPS) is 12.9. The number of anilines is 1. The molecule has 0 aromatic heterocycles. The van der Waals surface area contributed by atoms with Crippen LogP contribution in [0.25, 0.3) is 11.1 Å². The van der Waals surface area contributed by atoms with E-state index in [0.717, 1.165) is 22.3 Å². The number of carbonyl (C=O) groups excluding carboxylic acids is 2. The highest BCUT2D eigenvalue weighted by Crippen LogP contribution is 2.44. The zero-order valence-corrected chi connectivity index (χ0v) is 19.3. The van der Waals surface area contributed by atoms with Crippen molar-refractivity contribution in [2.24, 2.45) is 0 Å². The third kappa shape index (κ3) is 5.45. The summed E-state index contributed by atoms with van der Waals surface area (Å²) in [5.74, 6) is -2.01. The Bertz CT molecular complexity index is 1230. The second kappa shape index (κ2) is 10.6. The summed E-state index contributed by atoms with van der Waals surface area (Å²) < 4.78 is 5.40. The van der Waals surface area contributed by atoms with Crippen molar-refractivity contribution >= 4 is 35.3 Å². The summed E-state index contributed by atoms with van der Waals surface area (Å²) in [6.45, 7) is -0.0887. The number of aliphatic hydroxyl groups is 1. The molecule has 1 unspecified atom stereocenters. The maximum atomic E-state index is 12.2. The minimum Gasteiger partial charge on any atom is -0.478 e. The third-order valence-corrected chi connectivity index (χ3v) is 6.06. The number of hydrogen-bond donors (Lipinski definition) is 4. The van der Waals surface area contributed by atoms with E-state index >= 15 is 0 Å². The summed E-state index contributed by atoms with van der Waals surface area (Å²) in [5.41, 5.74) is 4.17. The lowest BCUT2D eigenvalue weighted by atomic mass is 9.98. The highest BCUT2D eigenvalue weighted by atomic mass is 35.5. The van der Waals surface area contributed by atoms with Crippen molar-refractivity contribution in [2.75, 3.05) is 18.5 Å². The molecule has 1 aliphatic carbocycles. The summed E-state index contributed by atoms with van der Waals surface area (Å²) in [7, 11) is 0. The number of ether oxygens (including phenoxy) is 1. The number of benzene rings is 3. The molecular formula is C26H23ClN2O6. The second-order valence-electron chi connectivity index (χ2n) is 8.08. The second-order valence-corrected chi connectivity index (χ2v) is 8.49. The summed E-state index contributed by atoms with van der Waals surface area (Å²) >= 11 is 5.89. The van der Waals surface area contributed by atoms with E-state index in [9.17, 15) is 24.6 Å². The van der Waals surface area contributed by atoms with E-state index in [-0.39, 0.29) is 41.8 Å². The van der Waals surface area contributed by atoms with Gasteiger partial charge in [0.25, 0.3) is 0 Å². The first-order chi connectivity index (χ1) is 16.8. The molecule has 0 heterocycles. The number of carbonyl (C=O) groups is 3. The van der Waals surface area contributed by atoms with Gasteiger partial charge in [-0.1, -0.05) is 66.2 Å². The summed E-state index contributed by atoms with van der Waals surface area (Å²) in [6.07, 6.45) is -2.29. The van der Waals surface area contributed by atoms with Gasteiger partial charge in [-0.15, -0.1) is 0 Å². The molecule has 1 atom stereocenters. The van der Waals surface area contributed by atoms with Gasteiger partial charge in [0.1, 0.15) is 12.2 Å². The Morgan fingerprint density at radius 3 is 2.20 bits per heavy atom. The Kier molecular flexibility index (Phi) is 7.33. The van der Waals surface area contributed by atoms with Crippen LogP contribution in [0.5, 0.6) is 0 Å². The fraction of sp³-hybridized carbons (Fsp3) is 0.192. The highest BCUT2D eigenvalue weighted by molar-refractivity contribution is 6.34. The number of fused-ring (bicyclic) bond motifs is 3. The van der Waals surface area contributed by atoms with Crippen LogP contribution < -0.4 is 10.6 Å². The summed E-state index contributed by atoms with van der Waals surface area (Å²) in [4.78, 5) is 35.8. The number of amides is 2. The van der Waals surface area contributed by atoms with E-state index in [1.165, 1.54) is 18.2 Å². The van der Waals surface area contributed by atoms with Gasteiger partial charge in [-0.05, 0) is 34.4 Å². The SMILES string of the molecule is O=C(CC(O)CNC(=O)OCC1c2ccccc2-c2ccccc21)Nc1cccc(Cl)c1C(=O)O. The third-order valence-electron chi connectivity index (χ3n) is 5.75. The van der Waals surface area contributed by atoms with Crippen molar-refractivity contribution in [2.45, 2.75) is 18.4 Å². The van der Waals surface area contributed by atoms with Crippen molar-refractivity contribution in [3.8, 4) is 11.1 Å². The molecule has 3 aromatic carbocycles. The number of carboxylic acids is 1. The van der Waals surface area contributed by atoms with Crippen molar-refractivity contribution in [3.63, 3.8) is 0 Å². The number of nitrogens with one attached hydrogen (secondary N) is 2. The van der Waals surface area contributed by atoms with Crippen LogP contribution in [0.3, 0.4) is 0 Å². The topological polar surface area (TPSA) is 125 Å². The van der Waals surface area contributed by atoms with Crippen LogP contribution in [0, 0.1) is 0 Å². The molecule has 4 rings (SSSR count). The van der Waals surface area contributed by atoms with Gasteiger partial charge < -0.3 is 25.6 Å². The molecule has 1 aliphatic rings. The fourth-order valence-electron chi connectivity index (χ4n) is 4.18. The van der Waals surface area contributed by atoms with Crippen LogP contribution in [0.1, 0.15) is 33.8 Å². The molecule has 9 heteroatoms. The van der Waals surface area contributed by atoms with Gasteiger partial charge >= 0.3 is 12.1 Å². The van der Waals surface area contributed by atoms with Crippen molar-refractivity contribution in [1.82, 2.24) is 5.32 Å². The van der Waals surface area contributed by atoms with Crippen LogP contribution in [-0.4, -0.2) is 47.4 Å². The zero-order chi connectivity index (χ0) is 24.9.